The molecule has 69 heavy (non-hydrogen) atoms. The van der Waals surface area contributed by atoms with Gasteiger partial charge >= 0.3 is 17.9 Å². The van der Waals surface area contributed by atoms with Crippen molar-refractivity contribution in [3.63, 3.8) is 0 Å². The zero-order valence-electron chi connectivity index (χ0n) is 45.0. The highest BCUT2D eigenvalue weighted by atomic mass is 16.6. The van der Waals surface area contributed by atoms with Crippen LogP contribution in [0.1, 0.15) is 265 Å². The summed E-state index contributed by atoms with van der Waals surface area (Å²) >= 11 is 0. The molecule has 0 aliphatic rings. The van der Waals surface area contributed by atoms with Crippen LogP contribution in [0.15, 0.2) is 97.2 Å². The molecule has 0 aromatic heterocycles. The SMILES string of the molecule is CC/C=C\C/C=C\C/C=C\C/C=C\CCCCCCCCCCCCCCC(=O)OCC(COC(=O)CCCCCCCCCCC)OC(=O)CCCCCC/C=C\C/C=C\C/C=C\C/C=C\CC. The molecule has 1 atom stereocenters. The van der Waals surface area contributed by atoms with E-state index in [-0.39, 0.29) is 31.1 Å². The lowest BCUT2D eigenvalue weighted by Crippen LogP contribution is -2.30. The summed E-state index contributed by atoms with van der Waals surface area (Å²) in [6.07, 6.45) is 75.5. The van der Waals surface area contributed by atoms with Crippen molar-refractivity contribution in [1.82, 2.24) is 0 Å². The third-order valence-electron chi connectivity index (χ3n) is 12.1. The molecular formula is C63H106O6. The molecule has 0 aliphatic heterocycles. The van der Waals surface area contributed by atoms with Gasteiger partial charge in [-0.05, 0) is 96.3 Å². The Labute approximate surface area is 426 Å². The molecule has 0 saturated heterocycles. The van der Waals surface area contributed by atoms with Crippen molar-refractivity contribution in [2.24, 2.45) is 0 Å². The topological polar surface area (TPSA) is 78.9 Å². The first-order chi connectivity index (χ1) is 34.0. The Hall–Kier alpha value is -3.67. The summed E-state index contributed by atoms with van der Waals surface area (Å²) in [6.45, 7) is 6.38. The average Bonchev–Trinajstić information content (AvgIpc) is 3.35. The number of esters is 3. The third kappa shape index (κ3) is 55.1. The Morgan fingerprint density at radius 3 is 0.884 bits per heavy atom. The maximum atomic E-state index is 12.8. The minimum atomic E-state index is -0.789. The molecule has 394 valence electrons. The van der Waals surface area contributed by atoms with Crippen LogP contribution < -0.4 is 0 Å². The lowest BCUT2D eigenvalue weighted by atomic mass is 10.0. The van der Waals surface area contributed by atoms with Gasteiger partial charge in [0, 0.05) is 19.3 Å². The highest BCUT2D eigenvalue weighted by molar-refractivity contribution is 5.71. The second-order valence-electron chi connectivity index (χ2n) is 18.8. The average molecular weight is 960 g/mol. The number of carbonyl (C=O) groups is 3. The summed E-state index contributed by atoms with van der Waals surface area (Å²) in [5.41, 5.74) is 0. The number of allylic oxidation sites excluding steroid dienone is 16. The molecule has 0 rings (SSSR count). The van der Waals surface area contributed by atoms with Crippen LogP contribution >= 0.6 is 0 Å². The maximum Gasteiger partial charge on any atom is 0.306 e. The van der Waals surface area contributed by atoms with Gasteiger partial charge < -0.3 is 14.2 Å². The van der Waals surface area contributed by atoms with E-state index in [1.165, 1.54) is 103 Å². The largest absolute Gasteiger partial charge is 0.462 e. The zero-order chi connectivity index (χ0) is 50.0. The van der Waals surface area contributed by atoms with Crippen LogP contribution in [0.4, 0.5) is 0 Å². The number of rotatable bonds is 51. The summed E-state index contributed by atoms with van der Waals surface area (Å²) in [5, 5.41) is 0. The van der Waals surface area contributed by atoms with Crippen LogP contribution in [0, 0.1) is 0 Å². The number of carbonyl (C=O) groups excluding carboxylic acids is 3. The van der Waals surface area contributed by atoms with E-state index >= 15 is 0 Å². The molecular weight excluding hydrogens is 853 g/mol. The summed E-state index contributed by atoms with van der Waals surface area (Å²) in [6, 6.07) is 0. The van der Waals surface area contributed by atoms with Crippen molar-refractivity contribution < 1.29 is 28.6 Å². The van der Waals surface area contributed by atoms with E-state index in [1.807, 2.05) is 0 Å². The van der Waals surface area contributed by atoms with Crippen LogP contribution in [-0.4, -0.2) is 37.2 Å². The van der Waals surface area contributed by atoms with Crippen LogP contribution in [-0.2, 0) is 28.6 Å². The van der Waals surface area contributed by atoms with E-state index < -0.39 is 6.10 Å². The molecule has 6 nitrogen and oxygen atoms in total. The second kappa shape index (κ2) is 56.9. The monoisotopic (exact) mass is 959 g/mol. The first-order valence-corrected chi connectivity index (χ1v) is 28.7. The molecule has 0 bridgehead atoms. The highest BCUT2D eigenvalue weighted by Gasteiger charge is 2.19. The Kier molecular flexibility index (Phi) is 53.9. The van der Waals surface area contributed by atoms with Crippen molar-refractivity contribution >= 4 is 17.9 Å². The van der Waals surface area contributed by atoms with E-state index in [2.05, 4.69) is 118 Å². The normalized spacial score (nSPS) is 12.8. The van der Waals surface area contributed by atoms with E-state index in [0.717, 1.165) is 122 Å². The first-order valence-electron chi connectivity index (χ1n) is 28.7. The van der Waals surface area contributed by atoms with Crippen LogP contribution in [0.25, 0.3) is 0 Å². The Morgan fingerprint density at radius 1 is 0.304 bits per heavy atom. The molecule has 0 amide bonds. The van der Waals surface area contributed by atoms with Crippen molar-refractivity contribution in [2.75, 3.05) is 13.2 Å². The van der Waals surface area contributed by atoms with Gasteiger partial charge in [-0.15, -0.1) is 0 Å². The van der Waals surface area contributed by atoms with Crippen molar-refractivity contribution in [1.29, 1.82) is 0 Å². The predicted octanol–water partition coefficient (Wildman–Crippen LogP) is 19.3. The van der Waals surface area contributed by atoms with E-state index in [9.17, 15) is 14.4 Å². The molecule has 0 aromatic rings. The molecule has 0 heterocycles. The van der Waals surface area contributed by atoms with Crippen LogP contribution in [0.2, 0.25) is 0 Å². The van der Waals surface area contributed by atoms with Crippen LogP contribution in [0.3, 0.4) is 0 Å². The Bertz CT molecular complexity index is 1380. The van der Waals surface area contributed by atoms with Crippen molar-refractivity contribution in [2.45, 2.75) is 271 Å². The second-order valence-corrected chi connectivity index (χ2v) is 18.8. The smallest absolute Gasteiger partial charge is 0.306 e. The number of hydrogen-bond acceptors (Lipinski definition) is 6. The number of ether oxygens (including phenoxy) is 3. The van der Waals surface area contributed by atoms with E-state index in [0.29, 0.717) is 19.3 Å². The van der Waals surface area contributed by atoms with Gasteiger partial charge in [0.25, 0.3) is 0 Å². The van der Waals surface area contributed by atoms with Gasteiger partial charge in [0.05, 0.1) is 0 Å². The molecule has 0 fully saturated rings. The summed E-state index contributed by atoms with van der Waals surface area (Å²) in [4.78, 5) is 38.0. The van der Waals surface area contributed by atoms with Crippen LogP contribution in [0.5, 0.6) is 0 Å². The van der Waals surface area contributed by atoms with E-state index in [1.54, 1.807) is 0 Å². The minimum Gasteiger partial charge on any atom is -0.462 e. The zero-order valence-corrected chi connectivity index (χ0v) is 45.0. The number of hydrogen-bond donors (Lipinski definition) is 0. The molecule has 1 unspecified atom stereocenters. The van der Waals surface area contributed by atoms with Gasteiger partial charge in [0.1, 0.15) is 13.2 Å². The molecule has 0 aliphatic carbocycles. The third-order valence-corrected chi connectivity index (χ3v) is 12.1. The van der Waals surface area contributed by atoms with Gasteiger partial charge in [-0.1, -0.05) is 246 Å². The molecule has 6 heteroatoms. The Balaban J connectivity index is 4.27. The highest BCUT2D eigenvalue weighted by Crippen LogP contribution is 2.15. The quantitative estimate of drug-likeness (QED) is 0.0262. The number of unbranched alkanes of at least 4 members (excludes halogenated alkanes) is 24. The van der Waals surface area contributed by atoms with Gasteiger partial charge in [0.15, 0.2) is 6.10 Å². The van der Waals surface area contributed by atoms with Gasteiger partial charge in [0.2, 0.25) is 0 Å². The summed E-state index contributed by atoms with van der Waals surface area (Å²) in [7, 11) is 0. The molecule has 0 aromatic carbocycles. The molecule has 0 saturated carbocycles. The van der Waals surface area contributed by atoms with Gasteiger partial charge in [-0.2, -0.15) is 0 Å². The van der Waals surface area contributed by atoms with Crippen molar-refractivity contribution in [3.05, 3.63) is 97.2 Å². The first kappa shape index (κ1) is 65.3. The molecule has 0 N–H and O–H groups in total. The standard InChI is InChI=1S/C63H106O6/c1-4-7-10-13-16-19-21-23-25-27-28-29-30-31-32-33-34-36-37-39-41-44-47-50-53-56-62(65)68-59-60(58-67-61(64)55-52-49-46-43-18-15-12-9-6-3)69-63(66)57-54-51-48-45-42-40-38-35-26-24-22-20-17-14-11-8-5-2/h7-8,10-11,16-17,19-20,23-26,28-29,38,40,60H,4-6,9,12-15,18,21-22,27,30-37,39,41-59H2,1-3H3/b10-7-,11-8-,19-16-,20-17-,25-23-,26-24-,29-28-,40-38-. The Morgan fingerprint density at radius 2 is 0.565 bits per heavy atom. The lowest BCUT2D eigenvalue weighted by molar-refractivity contribution is -0.167. The van der Waals surface area contributed by atoms with E-state index in [4.69, 9.17) is 14.2 Å². The van der Waals surface area contributed by atoms with Gasteiger partial charge in [-0.25, -0.2) is 0 Å². The fourth-order valence-electron chi connectivity index (χ4n) is 7.84. The summed E-state index contributed by atoms with van der Waals surface area (Å²) in [5.74, 6) is -0.912. The van der Waals surface area contributed by atoms with Gasteiger partial charge in [-0.3, -0.25) is 14.4 Å². The van der Waals surface area contributed by atoms with Crippen molar-refractivity contribution in [3.8, 4) is 0 Å². The minimum absolute atomic E-state index is 0.0865. The fourth-order valence-corrected chi connectivity index (χ4v) is 7.84. The summed E-state index contributed by atoms with van der Waals surface area (Å²) < 4.78 is 16.8. The predicted molar refractivity (Wildman–Crippen MR) is 297 cm³/mol. The molecule has 0 radical (unpaired) electrons. The molecule has 0 spiro atoms. The fraction of sp³-hybridized carbons (Fsp3) is 0.698. The lowest BCUT2D eigenvalue weighted by Gasteiger charge is -2.18. The maximum absolute atomic E-state index is 12.8.